The fourth-order valence-corrected chi connectivity index (χ4v) is 5.11. The molecule has 1 aliphatic rings. The van der Waals surface area contributed by atoms with Crippen LogP contribution in [-0.4, -0.2) is 55.5 Å². The minimum absolute atomic E-state index is 0.0122. The van der Waals surface area contributed by atoms with E-state index in [1.54, 1.807) is 17.0 Å². The zero-order valence-corrected chi connectivity index (χ0v) is 17.6. The summed E-state index contributed by atoms with van der Waals surface area (Å²) in [6, 6.07) is 16.7. The van der Waals surface area contributed by atoms with Crippen molar-refractivity contribution in [2.75, 3.05) is 31.9 Å². The Labute approximate surface area is 175 Å². The molecule has 28 heavy (non-hydrogen) atoms. The maximum Gasteiger partial charge on any atom is 0.236 e. The van der Waals surface area contributed by atoms with Crippen molar-refractivity contribution in [3.63, 3.8) is 0 Å². The molecular weight excluding hydrogens is 416 g/mol. The zero-order chi connectivity index (χ0) is 20.0. The van der Waals surface area contributed by atoms with Crippen LogP contribution in [-0.2, 0) is 14.8 Å². The van der Waals surface area contributed by atoms with Gasteiger partial charge in [-0.1, -0.05) is 54.1 Å². The minimum Gasteiger partial charge on any atom is -0.339 e. The lowest BCUT2D eigenvalue weighted by atomic mass is 10.2. The Bertz CT molecular complexity index is 941. The van der Waals surface area contributed by atoms with Gasteiger partial charge in [-0.15, -0.1) is 11.8 Å². The molecule has 1 fully saturated rings. The third-order valence-electron chi connectivity index (χ3n) is 4.37. The summed E-state index contributed by atoms with van der Waals surface area (Å²) in [5.74, 6) is 0.270. The van der Waals surface area contributed by atoms with Gasteiger partial charge in [0.15, 0.2) is 0 Å². The molecule has 0 spiro atoms. The highest BCUT2D eigenvalue weighted by Gasteiger charge is 2.27. The summed E-state index contributed by atoms with van der Waals surface area (Å²) in [6.45, 7) is 1.37. The second-order valence-electron chi connectivity index (χ2n) is 6.26. The number of hydrogen-bond acceptors (Lipinski definition) is 4. The Morgan fingerprint density at radius 3 is 2.32 bits per heavy atom. The van der Waals surface area contributed by atoms with Gasteiger partial charge in [-0.05, 0) is 23.8 Å². The van der Waals surface area contributed by atoms with Crippen molar-refractivity contribution in [2.45, 2.75) is 4.90 Å². The Hall–Kier alpha value is -1.80. The first-order chi connectivity index (χ1) is 13.5. The predicted molar refractivity (Wildman–Crippen MR) is 115 cm³/mol. The minimum atomic E-state index is -3.50. The lowest BCUT2D eigenvalue weighted by Gasteiger charge is -2.33. The lowest BCUT2D eigenvalue weighted by molar-refractivity contribution is -0.129. The molecule has 0 saturated carbocycles. The lowest BCUT2D eigenvalue weighted by Crippen LogP contribution is -2.50. The van der Waals surface area contributed by atoms with Crippen LogP contribution in [0.4, 0.5) is 0 Å². The van der Waals surface area contributed by atoms with E-state index in [2.05, 4.69) is 0 Å². The molecule has 0 N–H and O–H groups in total. The van der Waals surface area contributed by atoms with E-state index in [-0.39, 0.29) is 11.7 Å². The van der Waals surface area contributed by atoms with Gasteiger partial charge in [-0.3, -0.25) is 4.79 Å². The van der Waals surface area contributed by atoms with Crippen LogP contribution in [0.5, 0.6) is 0 Å². The summed E-state index contributed by atoms with van der Waals surface area (Å²) >= 11 is 7.51. The summed E-state index contributed by atoms with van der Waals surface area (Å²) in [5, 5.41) is 1.86. The van der Waals surface area contributed by atoms with E-state index in [0.717, 1.165) is 10.5 Å². The summed E-state index contributed by atoms with van der Waals surface area (Å²) < 4.78 is 26.4. The number of halogens is 1. The highest BCUT2D eigenvalue weighted by atomic mass is 35.5. The maximum atomic E-state index is 12.5. The number of hydrogen-bond donors (Lipinski definition) is 0. The van der Waals surface area contributed by atoms with Crippen molar-refractivity contribution in [2.24, 2.45) is 0 Å². The molecule has 148 valence electrons. The number of piperazine rings is 1. The molecule has 1 aliphatic heterocycles. The number of sulfonamides is 1. The topological polar surface area (TPSA) is 57.7 Å². The van der Waals surface area contributed by atoms with Crippen LogP contribution >= 0.6 is 23.4 Å². The van der Waals surface area contributed by atoms with E-state index < -0.39 is 10.0 Å². The fourth-order valence-electron chi connectivity index (χ4n) is 2.80. The molecule has 0 bridgehead atoms. The SMILES string of the molecule is O=C(CSc1ccccc1Cl)N1CCN(S(=O)(=O)C=Cc2ccccc2)CC1. The van der Waals surface area contributed by atoms with Crippen molar-refractivity contribution in [3.05, 3.63) is 70.6 Å². The molecule has 3 rings (SSSR count). The molecule has 0 unspecified atom stereocenters. The van der Waals surface area contributed by atoms with Crippen LogP contribution in [0.3, 0.4) is 0 Å². The molecule has 8 heteroatoms. The summed E-state index contributed by atoms with van der Waals surface area (Å²) in [6.07, 6.45) is 1.59. The number of benzene rings is 2. The number of rotatable bonds is 6. The van der Waals surface area contributed by atoms with Gasteiger partial charge in [-0.2, -0.15) is 4.31 Å². The van der Waals surface area contributed by atoms with Gasteiger partial charge in [0.2, 0.25) is 15.9 Å². The molecule has 0 radical (unpaired) electrons. The smallest absolute Gasteiger partial charge is 0.236 e. The van der Waals surface area contributed by atoms with Crippen molar-refractivity contribution >= 4 is 45.4 Å². The van der Waals surface area contributed by atoms with Crippen LogP contribution in [0.2, 0.25) is 5.02 Å². The quantitative estimate of drug-likeness (QED) is 0.649. The van der Waals surface area contributed by atoms with E-state index in [0.29, 0.717) is 31.2 Å². The Morgan fingerprint density at radius 2 is 1.64 bits per heavy atom. The molecule has 2 aromatic rings. The average Bonchev–Trinajstić information content (AvgIpc) is 2.72. The van der Waals surface area contributed by atoms with E-state index in [4.69, 9.17) is 11.6 Å². The Balaban J connectivity index is 1.51. The van der Waals surface area contributed by atoms with Crippen molar-refractivity contribution in [3.8, 4) is 0 Å². The number of nitrogens with zero attached hydrogens (tertiary/aromatic N) is 2. The van der Waals surface area contributed by atoms with Crippen LogP contribution in [0, 0.1) is 0 Å². The molecule has 0 aromatic heterocycles. The molecule has 1 amide bonds. The van der Waals surface area contributed by atoms with Crippen molar-refractivity contribution < 1.29 is 13.2 Å². The van der Waals surface area contributed by atoms with Crippen molar-refractivity contribution in [1.29, 1.82) is 0 Å². The van der Waals surface area contributed by atoms with Gasteiger partial charge in [0.25, 0.3) is 0 Å². The largest absolute Gasteiger partial charge is 0.339 e. The summed E-state index contributed by atoms with van der Waals surface area (Å²) in [4.78, 5) is 15.0. The normalized spacial score (nSPS) is 15.8. The molecule has 0 atom stereocenters. The number of carbonyl (C=O) groups excluding carboxylic acids is 1. The van der Waals surface area contributed by atoms with Crippen molar-refractivity contribution in [1.82, 2.24) is 9.21 Å². The molecular formula is C20H21ClN2O3S2. The highest BCUT2D eigenvalue weighted by Crippen LogP contribution is 2.26. The van der Waals surface area contributed by atoms with Crippen LogP contribution in [0.25, 0.3) is 6.08 Å². The molecule has 2 aromatic carbocycles. The van der Waals surface area contributed by atoms with E-state index in [1.807, 2.05) is 48.5 Å². The van der Waals surface area contributed by atoms with Gasteiger partial charge in [0, 0.05) is 36.5 Å². The number of carbonyl (C=O) groups is 1. The van der Waals surface area contributed by atoms with E-state index in [9.17, 15) is 13.2 Å². The fraction of sp³-hybridized carbons (Fsp3) is 0.250. The standard InChI is InChI=1S/C20H21ClN2O3S2/c21-18-8-4-5-9-19(18)27-16-20(24)22-11-13-23(14-12-22)28(25,26)15-10-17-6-2-1-3-7-17/h1-10,15H,11-14,16H2. The van der Waals surface area contributed by atoms with Gasteiger partial charge in [0.05, 0.1) is 10.8 Å². The monoisotopic (exact) mass is 436 g/mol. The third-order valence-corrected chi connectivity index (χ3v) is 7.44. The molecule has 1 heterocycles. The third kappa shape index (κ3) is 5.61. The van der Waals surface area contributed by atoms with E-state index >= 15 is 0 Å². The highest BCUT2D eigenvalue weighted by molar-refractivity contribution is 8.00. The first kappa shape index (κ1) is 20.9. The summed E-state index contributed by atoms with van der Waals surface area (Å²) in [7, 11) is -3.50. The van der Waals surface area contributed by atoms with Crippen LogP contribution < -0.4 is 0 Å². The number of amides is 1. The molecule has 5 nitrogen and oxygen atoms in total. The summed E-state index contributed by atoms with van der Waals surface area (Å²) in [5.41, 5.74) is 0.830. The van der Waals surface area contributed by atoms with Crippen LogP contribution in [0.1, 0.15) is 5.56 Å². The Morgan fingerprint density at radius 1 is 1.00 bits per heavy atom. The molecule has 0 aliphatic carbocycles. The van der Waals surface area contributed by atoms with Gasteiger partial charge >= 0.3 is 0 Å². The zero-order valence-electron chi connectivity index (χ0n) is 15.2. The first-order valence-electron chi connectivity index (χ1n) is 8.84. The maximum absolute atomic E-state index is 12.5. The second kappa shape index (κ2) is 9.60. The Kier molecular flexibility index (Phi) is 7.18. The van der Waals surface area contributed by atoms with Gasteiger partial charge in [0.1, 0.15) is 0 Å². The molecule has 1 saturated heterocycles. The first-order valence-corrected chi connectivity index (χ1v) is 11.7. The average molecular weight is 437 g/mol. The van der Waals surface area contributed by atoms with Gasteiger partial charge in [-0.25, -0.2) is 8.42 Å². The van der Waals surface area contributed by atoms with Gasteiger partial charge < -0.3 is 4.90 Å². The second-order valence-corrected chi connectivity index (χ2v) is 9.50. The number of thioether (sulfide) groups is 1. The van der Waals surface area contributed by atoms with E-state index in [1.165, 1.54) is 21.5 Å². The van der Waals surface area contributed by atoms with Crippen LogP contribution in [0.15, 0.2) is 64.9 Å². The predicted octanol–water partition coefficient (Wildman–Crippen LogP) is 3.58.